The van der Waals surface area contributed by atoms with Crippen LogP contribution in [-0.2, 0) is 9.59 Å². The van der Waals surface area contributed by atoms with Crippen LogP contribution in [-0.4, -0.2) is 45.8 Å². The van der Waals surface area contributed by atoms with E-state index in [9.17, 15) is 14.0 Å². The van der Waals surface area contributed by atoms with Crippen molar-refractivity contribution in [2.75, 3.05) is 13.1 Å². The number of hydrogen-bond donors (Lipinski definition) is 3. The Morgan fingerprint density at radius 3 is 2.56 bits per heavy atom. The first kappa shape index (κ1) is 27.4. The molecule has 196 valence electrons. The monoisotopic (exact) mass is 497 g/mol. The molecule has 8 heteroatoms. The normalized spacial score (nSPS) is 15.4. The number of amides is 2. The van der Waals surface area contributed by atoms with Crippen molar-refractivity contribution in [2.24, 2.45) is 5.92 Å². The summed E-state index contributed by atoms with van der Waals surface area (Å²) in [6.07, 6.45) is 6.46. The van der Waals surface area contributed by atoms with E-state index in [4.69, 9.17) is 0 Å². The van der Waals surface area contributed by atoms with Crippen LogP contribution in [0.1, 0.15) is 76.7 Å². The second-order valence-corrected chi connectivity index (χ2v) is 10.3. The number of imidazole rings is 1. The SMILES string of the molecule is C=C(C[C@H](NC(=O)CCC(C)C)C(=O)N[C@@H](C)c1ncc(-c2ccc(C)cc2F)[nH]1)N1CCCCC1. The third-order valence-electron chi connectivity index (χ3n) is 6.62. The molecule has 36 heavy (non-hydrogen) atoms. The molecule has 0 spiro atoms. The summed E-state index contributed by atoms with van der Waals surface area (Å²) in [6, 6.07) is 3.83. The molecule has 0 radical (unpaired) electrons. The molecule has 0 saturated carbocycles. The van der Waals surface area contributed by atoms with Gasteiger partial charge in [-0.1, -0.05) is 26.5 Å². The molecule has 1 aromatic heterocycles. The highest BCUT2D eigenvalue weighted by atomic mass is 19.1. The van der Waals surface area contributed by atoms with Crippen LogP contribution in [0.2, 0.25) is 0 Å². The minimum atomic E-state index is -0.731. The molecule has 0 bridgehead atoms. The number of aromatic nitrogens is 2. The minimum absolute atomic E-state index is 0.141. The molecule has 1 aliphatic rings. The molecular formula is C28H40FN5O2. The Morgan fingerprint density at radius 2 is 1.89 bits per heavy atom. The predicted octanol–water partition coefficient (Wildman–Crippen LogP) is 5.01. The van der Waals surface area contributed by atoms with Crippen LogP contribution in [0.25, 0.3) is 11.3 Å². The number of carbonyl (C=O) groups excluding carboxylic acids is 2. The number of aromatic amines is 1. The molecule has 2 atom stereocenters. The first-order valence-corrected chi connectivity index (χ1v) is 13.0. The van der Waals surface area contributed by atoms with E-state index >= 15 is 0 Å². The largest absolute Gasteiger partial charge is 0.375 e. The van der Waals surface area contributed by atoms with E-state index in [0.717, 1.165) is 43.6 Å². The van der Waals surface area contributed by atoms with Crippen molar-refractivity contribution in [2.45, 2.75) is 78.3 Å². The number of aryl methyl sites for hydroxylation is 1. The third-order valence-corrected chi connectivity index (χ3v) is 6.62. The molecule has 2 amide bonds. The van der Waals surface area contributed by atoms with E-state index in [2.05, 4.69) is 45.9 Å². The summed E-state index contributed by atoms with van der Waals surface area (Å²) in [4.78, 5) is 35.6. The van der Waals surface area contributed by atoms with Crippen LogP contribution >= 0.6 is 0 Å². The van der Waals surface area contributed by atoms with Crippen molar-refractivity contribution in [1.82, 2.24) is 25.5 Å². The van der Waals surface area contributed by atoms with Crippen LogP contribution in [0.5, 0.6) is 0 Å². The highest BCUT2D eigenvalue weighted by molar-refractivity contribution is 5.88. The molecule has 7 nitrogen and oxygen atoms in total. The lowest BCUT2D eigenvalue weighted by atomic mass is 10.0. The van der Waals surface area contributed by atoms with Crippen LogP contribution < -0.4 is 10.6 Å². The lowest BCUT2D eigenvalue weighted by molar-refractivity contribution is -0.129. The number of nitrogens with one attached hydrogen (secondary N) is 3. The van der Waals surface area contributed by atoms with Crippen LogP contribution in [0.3, 0.4) is 0 Å². The van der Waals surface area contributed by atoms with Gasteiger partial charge in [0, 0.05) is 37.2 Å². The number of halogens is 1. The summed E-state index contributed by atoms with van der Waals surface area (Å²) in [5.74, 6) is 0.148. The highest BCUT2D eigenvalue weighted by Crippen LogP contribution is 2.24. The first-order valence-electron chi connectivity index (χ1n) is 13.0. The van der Waals surface area contributed by atoms with Gasteiger partial charge in [0.1, 0.15) is 17.7 Å². The second kappa shape index (κ2) is 12.7. The molecule has 1 aromatic carbocycles. The van der Waals surface area contributed by atoms with Gasteiger partial charge < -0.3 is 20.5 Å². The van der Waals surface area contributed by atoms with Gasteiger partial charge >= 0.3 is 0 Å². The molecule has 3 N–H and O–H groups in total. The van der Waals surface area contributed by atoms with Gasteiger partial charge in [0.05, 0.1) is 17.9 Å². The number of hydrogen-bond acceptors (Lipinski definition) is 4. The summed E-state index contributed by atoms with van der Waals surface area (Å²) < 4.78 is 14.4. The number of piperidine rings is 1. The Balaban J connectivity index is 1.68. The average Bonchev–Trinajstić information content (AvgIpc) is 3.33. The molecule has 1 fully saturated rings. The summed E-state index contributed by atoms with van der Waals surface area (Å²) in [5, 5.41) is 5.89. The fourth-order valence-electron chi connectivity index (χ4n) is 4.38. The maximum absolute atomic E-state index is 14.4. The standard InChI is InChI=1S/C28H40FN5O2/c1-18(2)9-12-26(35)32-24(16-20(4)34-13-7-6-8-14-34)28(36)31-21(5)27-30-17-25(33-27)22-11-10-19(3)15-23(22)29/h10-11,15,17-18,21,24H,4,6-9,12-14,16H2,1-3,5H3,(H,30,33)(H,31,36)(H,32,35)/t21-,24-/m0/s1. The lowest BCUT2D eigenvalue weighted by Gasteiger charge is -2.32. The molecule has 2 heterocycles. The van der Waals surface area contributed by atoms with Gasteiger partial charge in [-0.2, -0.15) is 0 Å². The Labute approximate surface area is 214 Å². The van der Waals surface area contributed by atoms with Crippen molar-refractivity contribution >= 4 is 11.8 Å². The Kier molecular flexibility index (Phi) is 9.67. The molecular weight excluding hydrogens is 457 g/mol. The Bertz CT molecular complexity index is 1060. The maximum atomic E-state index is 14.4. The molecule has 0 unspecified atom stereocenters. The summed E-state index contributed by atoms with van der Waals surface area (Å²) >= 11 is 0. The summed E-state index contributed by atoms with van der Waals surface area (Å²) in [7, 11) is 0. The Hall–Kier alpha value is -3.16. The van der Waals surface area contributed by atoms with E-state index in [1.807, 2.05) is 19.9 Å². The fraction of sp³-hybridized carbons (Fsp3) is 0.536. The number of nitrogens with zero attached hydrogens (tertiary/aromatic N) is 2. The second-order valence-electron chi connectivity index (χ2n) is 10.3. The van der Waals surface area contributed by atoms with Gasteiger partial charge in [-0.25, -0.2) is 9.37 Å². The fourth-order valence-corrected chi connectivity index (χ4v) is 4.38. The molecule has 1 saturated heterocycles. The van der Waals surface area contributed by atoms with Crippen LogP contribution in [0.15, 0.2) is 36.7 Å². The van der Waals surface area contributed by atoms with Crippen molar-refractivity contribution in [3.05, 3.63) is 53.9 Å². The van der Waals surface area contributed by atoms with Crippen LogP contribution in [0, 0.1) is 18.7 Å². The highest BCUT2D eigenvalue weighted by Gasteiger charge is 2.26. The van der Waals surface area contributed by atoms with E-state index in [-0.39, 0.29) is 17.6 Å². The van der Waals surface area contributed by atoms with E-state index in [1.54, 1.807) is 12.3 Å². The van der Waals surface area contributed by atoms with Gasteiger partial charge in [-0.3, -0.25) is 9.59 Å². The van der Waals surface area contributed by atoms with Gasteiger partial charge in [-0.15, -0.1) is 0 Å². The van der Waals surface area contributed by atoms with Gasteiger partial charge in [0.2, 0.25) is 11.8 Å². The molecule has 1 aliphatic heterocycles. The smallest absolute Gasteiger partial charge is 0.243 e. The van der Waals surface area contributed by atoms with Crippen molar-refractivity contribution in [3.8, 4) is 11.3 Å². The van der Waals surface area contributed by atoms with Crippen molar-refractivity contribution in [3.63, 3.8) is 0 Å². The summed E-state index contributed by atoms with van der Waals surface area (Å²) in [6.45, 7) is 13.8. The van der Waals surface area contributed by atoms with E-state index < -0.39 is 12.1 Å². The quantitative estimate of drug-likeness (QED) is 0.407. The predicted molar refractivity (Wildman–Crippen MR) is 140 cm³/mol. The zero-order valence-corrected chi connectivity index (χ0v) is 22.0. The van der Waals surface area contributed by atoms with Crippen molar-refractivity contribution in [1.29, 1.82) is 0 Å². The van der Waals surface area contributed by atoms with E-state index in [0.29, 0.717) is 35.8 Å². The zero-order valence-electron chi connectivity index (χ0n) is 22.0. The maximum Gasteiger partial charge on any atom is 0.243 e. The van der Waals surface area contributed by atoms with Gasteiger partial charge in [0.25, 0.3) is 0 Å². The van der Waals surface area contributed by atoms with E-state index in [1.165, 1.54) is 12.5 Å². The molecule has 3 rings (SSSR count). The topological polar surface area (TPSA) is 90.1 Å². The summed E-state index contributed by atoms with van der Waals surface area (Å²) in [5.41, 5.74) is 2.66. The number of rotatable bonds is 11. The Morgan fingerprint density at radius 1 is 1.17 bits per heavy atom. The van der Waals surface area contributed by atoms with Crippen LogP contribution in [0.4, 0.5) is 4.39 Å². The molecule has 2 aromatic rings. The van der Waals surface area contributed by atoms with Gasteiger partial charge in [-0.05, 0) is 63.1 Å². The number of carbonyl (C=O) groups is 2. The number of likely N-dealkylation sites (tertiary alicyclic amines) is 1. The third kappa shape index (κ3) is 7.67. The number of H-pyrrole nitrogens is 1. The van der Waals surface area contributed by atoms with Crippen molar-refractivity contribution < 1.29 is 14.0 Å². The minimum Gasteiger partial charge on any atom is -0.375 e. The van der Waals surface area contributed by atoms with Gasteiger partial charge in [0.15, 0.2) is 0 Å². The average molecular weight is 498 g/mol. The first-order chi connectivity index (χ1) is 17.1. The lowest BCUT2D eigenvalue weighted by Crippen LogP contribution is -2.48. The molecule has 0 aliphatic carbocycles. The number of benzene rings is 1. The zero-order chi connectivity index (χ0) is 26.2.